The van der Waals surface area contributed by atoms with E-state index in [4.69, 9.17) is 0 Å². The molecule has 1 amide bonds. The quantitative estimate of drug-likeness (QED) is 0.747. The van der Waals surface area contributed by atoms with Crippen molar-refractivity contribution in [2.24, 2.45) is 0 Å². The van der Waals surface area contributed by atoms with Crippen LogP contribution in [-0.2, 0) is 4.79 Å². The highest BCUT2D eigenvalue weighted by Gasteiger charge is 2.47. The predicted octanol–water partition coefficient (Wildman–Crippen LogP) is 2.23. The Kier molecular flexibility index (Phi) is 2.61. The van der Waals surface area contributed by atoms with Gasteiger partial charge in [-0.3, -0.25) is 4.79 Å². The van der Waals surface area contributed by atoms with Crippen molar-refractivity contribution >= 4 is 27.7 Å². The van der Waals surface area contributed by atoms with Crippen LogP contribution in [0.2, 0.25) is 0 Å². The van der Waals surface area contributed by atoms with Gasteiger partial charge in [-0.05, 0) is 15.9 Å². The van der Waals surface area contributed by atoms with E-state index in [1.54, 1.807) is 0 Å². The first-order valence-corrected chi connectivity index (χ1v) is 5.06. The first-order valence-electron chi connectivity index (χ1n) is 4.26. The highest BCUT2D eigenvalue weighted by molar-refractivity contribution is 9.10. The molecule has 1 atom stereocenters. The van der Waals surface area contributed by atoms with Crippen molar-refractivity contribution in [2.75, 3.05) is 5.32 Å². The van der Waals surface area contributed by atoms with Gasteiger partial charge in [0, 0.05) is 12.0 Å². The summed E-state index contributed by atoms with van der Waals surface area (Å²) in [5.41, 5.74) is -0.116. The summed E-state index contributed by atoms with van der Waals surface area (Å²) in [6.07, 6.45) is -4.04. The van der Waals surface area contributed by atoms with E-state index >= 15 is 0 Å². The lowest BCUT2D eigenvalue weighted by Gasteiger charge is -2.26. The Hall–Kier alpha value is -1.18. The van der Waals surface area contributed by atoms with E-state index in [1.807, 2.05) is 0 Å². The number of halogens is 4. The molecule has 8 heteroatoms. The van der Waals surface area contributed by atoms with Crippen molar-refractivity contribution in [3.05, 3.63) is 16.5 Å². The molecule has 0 saturated carbocycles. The summed E-state index contributed by atoms with van der Waals surface area (Å²) >= 11 is 2.93. The number of nitrogens with zero attached hydrogens (tertiary/aromatic N) is 2. The lowest BCUT2D eigenvalue weighted by atomic mass is 9.93. The Morgan fingerprint density at radius 2 is 2.12 bits per heavy atom. The van der Waals surface area contributed by atoms with Crippen LogP contribution in [0.1, 0.15) is 17.9 Å². The number of hydrogen-bond acceptors (Lipinski definition) is 3. The van der Waals surface area contributed by atoms with Crippen molar-refractivity contribution in [3.8, 4) is 0 Å². The maximum absolute atomic E-state index is 12.7. The Morgan fingerprint density at radius 3 is 2.75 bits per heavy atom. The highest BCUT2D eigenvalue weighted by Crippen LogP contribution is 2.44. The molecule has 0 radical (unpaired) electrons. The molecule has 0 fully saturated rings. The van der Waals surface area contributed by atoms with Crippen LogP contribution in [0.5, 0.6) is 0 Å². The van der Waals surface area contributed by atoms with E-state index in [0.717, 1.165) is 6.33 Å². The second kappa shape index (κ2) is 3.69. The monoisotopic (exact) mass is 295 g/mol. The van der Waals surface area contributed by atoms with E-state index in [9.17, 15) is 18.0 Å². The molecule has 4 nitrogen and oxygen atoms in total. The highest BCUT2D eigenvalue weighted by atomic mass is 79.9. The summed E-state index contributed by atoms with van der Waals surface area (Å²) in [6.45, 7) is 0. The number of amides is 1. The van der Waals surface area contributed by atoms with Crippen LogP contribution in [0.3, 0.4) is 0 Å². The number of rotatable bonds is 0. The van der Waals surface area contributed by atoms with Crippen molar-refractivity contribution in [3.63, 3.8) is 0 Å². The summed E-state index contributed by atoms with van der Waals surface area (Å²) in [5, 5.41) is 2.28. The zero-order chi connectivity index (χ0) is 11.9. The molecule has 2 rings (SSSR count). The Labute approximate surface area is 96.4 Å². The van der Waals surface area contributed by atoms with E-state index in [2.05, 4.69) is 31.2 Å². The minimum atomic E-state index is -4.49. The molecule has 1 aromatic heterocycles. The number of hydrogen-bond donors (Lipinski definition) is 1. The smallest absolute Gasteiger partial charge is 0.310 e. The standard InChI is InChI=1S/C8H5BrF3N3O/c9-6-5-3(8(10,11)12)1-4(16)15-7(5)14-2-13-6/h2-3H,1H2,(H,13,14,15,16). The number of aromatic nitrogens is 2. The minimum absolute atomic E-state index is 0.0554. The van der Waals surface area contributed by atoms with E-state index in [1.165, 1.54) is 0 Å². The zero-order valence-electron chi connectivity index (χ0n) is 7.68. The summed E-state index contributed by atoms with van der Waals surface area (Å²) < 4.78 is 38.2. The van der Waals surface area contributed by atoms with Gasteiger partial charge in [-0.2, -0.15) is 13.2 Å². The number of nitrogens with one attached hydrogen (secondary N) is 1. The van der Waals surface area contributed by atoms with Crippen molar-refractivity contribution in [2.45, 2.75) is 18.5 Å². The fraction of sp³-hybridized carbons (Fsp3) is 0.375. The first-order chi connectivity index (χ1) is 7.39. The summed E-state index contributed by atoms with van der Waals surface area (Å²) in [5.74, 6) is -2.63. The van der Waals surface area contributed by atoms with Gasteiger partial charge in [0.05, 0.1) is 5.92 Å². The zero-order valence-corrected chi connectivity index (χ0v) is 9.26. The number of fused-ring (bicyclic) bond motifs is 1. The molecule has 86 valence electrons. The molecule has 1 aliphatic rings. The van der Waals surface area contributed by atoms with Gasteiger partial charge in [0.2, 0.25) is 5.91 Å². The van der Waals surface area contributed by atoms with Gasteiger partial charge in [0.1, 0.15) is 16.7 Å². The van der Waals surface area contributed by atoms with E-state index < -0.39 is 24.4 Å². The fourth-order valence-corrected chi connectivity index (χ4v) is 2.09. The van der Waals surface area contributed by atoms with Crippen LogP contribution in [-0.4, -0.2) is 22.1 Å². The normalized spacial score (nSPS) is 20.2. The van der Waals surface area contributed by atoms with Crippen LogP contribution in [0.25, 0.3) is 0 Å². The number of alkyl halides is 3. The van der Waals surface area contributed by atoms with E-state index in [-0.39, 0.29) is 16.0 Å². The molecule has 0 aliphatic carbocycles. The average molecular weight is 296 g/mol. The van der Waals surface area contributed by atoms with Crippen LogP contribution >= 0.6 is 15.9 Å². The average Bonchev–Trinajstić information content (AvgIpc) is 2.15. The summed E-state index contributed by atoms with van der Waals surface area (Å²) in [7, 11) is 0. The maximum Gasteiger partial charge on any atom is 0.396 e. The summed E-state index contributed by atoms with van der Waals surface area (Å²) in [6, 6.07) is 0. The number of anilines is 1. The van der Waals surface area contributed by atoms with Gasteiger partial charge < -0.3 is 5.32 Å². The van der Waals surface area contributed by atoms with Crippen molar-refractivity contribution in [1.82, 2.24) is 9.97 Å². The SMILES string of the molecule is O=C1CC(C(F)(F)F)c2c(Br)ncnc2N1. The van der Waals surface area contributed by atoms with Crippen molar-refractivity contribution in [1.29, 1.82) is 0 Å². The Balaban J connectivity index is 2.56. The predicted molar refractivity (Wildman–Crippen MR) is 51.8 cm³/mol. The Morgan fingerprint density at radius 1 is 1.44 bits per heavy atom. The van der Waals surface area contributed by atoms with E-state index in [0.29, 0.717) is 0 Å². The van der Waals surface area contributed by atoms with Gasteiger partial charge in [-0.25, -0.2) is 9.97 Å². The molecule has 1 unspecified atom stereocenters. The molecule has 1 aliphatic heterocycles. The van der Waals surface area contributed by atoms with Crippen LogP contribution in [0.15, 0.2) is 10.9 Å². The van der Waals surface area contributed by atoms with Crippen LogP contribution in [0, 0.1) is 0 Å². The van der Waals surface area contributed by atoms with Crippen LogP contribution in [0.4, 0.5) is 19.0 Å². The third kappa shape index (κ3) is 1.89. The molecule has 16 heavy (non-hydrogen) atoms. The van der Waals surface area contributed by atoms with Crippen LogP contribution < -0.4 is 5.32 Å². The Bertz CT molecular complexity index is 449. The van der Waals surface area contributed by atoms with Crippen molar-refractivity contribution < 1.29 is 18.0 Å². The molecule has 0 bridgehead atoms. The molecule has 0 aromatic carbocycles. The topological polar surface area (TPSA) is 54.9 Å². The lowest BCUT2D eigenvalue weighted by Crippen LogP contribution is -2.32. The molecule has 0 saturated heterocycles. The molecule has 0 spiro atoms. The van der Waals surface area contributed by atoms with Gasteiger partial charge >= 0.3 is 6.18 Å². The maximum atomic E-state index is 12.7. The van der Waals surface area contributed by atoms with Gasteiger partial charge in [0.15, 0.2) is 0 Å². The largest absolute Gasteiger partial charge is 0.396 e. The number of carbonyl (C=O) groups excluding carboxylic acids is 1. The fourth-order valence-electron chi connectivity index (χ4n) is 1.53. The summed E-state index contributed by atoms with van der Waals surface area (Å²) in [4.78, 5) is 18.4. The molecular formula is C8H5BrF3N3O. The molecule has 2 heterocycles. The number of carbonyl (C=O) groups is 1. The second-order valence-electron chi connectivity index (χ2n) is 3.27. The molecule has 1 aromatic rings. The van der Waals surface area contributed by atoms with Gasteiger partial charge in [-0.1, -0.05) is 0 Å². The first kappa shape index (κ1) is 11.3. The van der Waals surface area contributed by atoms with Gasteiger partial charge in [-0.15, -0.1) is 0 Å². The third-order valence-electron chi connectivity index (χ3n) is 2.23. The van der Waals surface area contributed by atoms with Gasteiger partial charge in [0.25, 0.3) is 0 Å². The second-order valence-corrected chi connectivity index (χ2v) is 4.02. The molecular weight excluding hydrogens is 291 g/mol. The minimum Gasteiger partial charge on any atom is -0.310 e. The lowest BCUT2D eigenvalue weighted by molar-refractivity contribution is -0.157. The third-order valence-corrected chi connectivity index (χ3v) is 2.86. The molecule has 1 N–H and O–H groups in total.